The van der Waals surface area contributed by atoms with Crippen molar-refractivity contribution >= 4 is 5.57 Å². The van der Waals surface area contributed by atoms with Crippen LogP contribution in [-0.2, 0) is 0 Å². The highest BCUT2D eigenvalue weighted by Crippen LogP contribution is 2.16. The van der Waals surface area contributed by atoms with Gasteiger partial charge in [0.05, 0.1) is 0 Å². The fourth-order valence-corrected chi connectivity index (χ4v) is 1.17. The van der Waals surface area contributed by atoms with Gasteiger partial charge in [-0.1, -0.05) is 56.3 Å². The Bertz CT molecular complexity index is 326. The Morgan fingerprint density at radius 1 is 0.941 bits per heavy atom. The number of hydrogen-bond donors (Lipinski definition) is 0. The first-order valence-electron chi connectivity index (χ1n) is 6.43. The van der Waals surface area contributed by atoms with Crippen molar-refractivity contribution < 1.29 is 0 Å². The van der Waals surface area contributed by atoms with Crippen molar-refractivity contribution in [2.24, 2.45) is 0 Å². The molecule has 0 heteroatoms. The van der Waals surface area contributed by atoms with Gasteiger partial charge in [0, 0.05) is 0 Å². The molecule has 96 valence electrons. The third-order valence-corrected chi connectivity index (χ3v) is 2.34. The summed E-state index contributed by atoms with van der Waals surface area (Å²) in [6, 6.07) is 8.45. The van der Waals surface area contributed by atoms with Crippen molar-refractivity contribution in [1.82, 2.24) is 0 Å². The highest BCUT2D eigenvalue weighted by atomic mass is 14.0. The van der Waals surface area contributed by atoms with Crippen molar-refractivity contribution in [1.29, 1.82) is 0 Å². The second-order valence-electron chi connectivity index (χ2n) is 3.45. The lowest BCUT2D eigenvalue weighted by Gasteiger charge is -2.03. The molecule has 1 aromatic rings. The van der Waals surface area contributed by atoms with Gasteiger partial charge in [-0.3, -0.25) is 0 Å². The molecule has 0 aliphatic rings. The predicted octanol–water partition coefficient (Wildman–Crippen LogP) is 6.03. The fourth-order valence-electron chi connectivity index (χ4n) is 1.17. The quantitative estimate of drug-likeness (QED) is 0.519. The maximum atomic E-state index is 2.16. The Hall–Kier alpha value is -1.30. The minimum Gasteiger partial charge on any atom is -0.0919 e. The van der Waals surface area contributed by atoms with Crippen molar-refractivity contribution in [3.8, 4) is 0 Å². The Balaban J connectivity index is 0. The van der Waals surface area contributed by atoms with Crippen molar-refractivity contribution in [3.63, 3.8) is 0 Å². The van der Waals surface area contributed by atoms with Crippen molar-refractivity contribution in [2.45, 2.75) is 48.5 Å². The van der Waals surface area contributed by atoms with E-state index in [2.05, 4.69) is 51.1 Å². The Labute approximate surface area is 108 Å². The zero-order chi connectivity index (χ0) is 13.7. The number of aryl methyl sites for hydroxylation is 1. The van der Waals surface area contributed by atoms with E-state index in [1.165, 1.54) is 16.7 Å². The van der Waals surface area contributed by atoms with Gasteiger partial charge in [0.2, 0.25) is 0 Å². The van der Waals surface area contributed by atoms with E-state index in [1.807, 2.05) is 39.8 Å². The van der Waals surface area contributed by atoms with Crippen LogP contribution in [0.2, 0.25) is 0 Å². The Kier molecular flexibility index (Phi) is 13.6. The minimum atomic E-state index is 1.35. The summed E-state index contributed by atoms with van der Waals surface area (Å²) in [5, 5.41) is 0. The molecule has 1 aromatic carbocycles. The third-order valence-electron chi connectivity index (χ3n) is 2.34. The van der Waals surface area contributed by atoms with Gasteiger partial charge >= 0.3 is 0 Å². The van der Waals surface area contributed by atoms with E-state index >= 15 is 0 Å². The molecule has 0 saturated carbocycles. The zero-order valence-corrected chi connectivity index (χ0v) is 12.5. The minimum absolute atomic E-state index is 1.35. The molecule has 0 aromatic heterocycles. The first kappa shape index (κ1) is 18.1. The van der Waals surface area contributed by atoms with Gasteiger partial charge in [-0.05, 0) is 51.3 Å². The van der Waals surface area contributed by atoms with Crippen LogP contribution in [0.3, 0.4) is 0 Å². The van der Waals surface area contributed by atoms with Crippen LogP contribution in [0.25, 0.3) is 5.57 Å². The van der Waals surface area contributed by atoms with Gasteiger partial charge in [0.15, 0.2) is 0 Å². The molecule has 0 heterocycles. The van der Waals surface area contributed by atoms with E-state index in [9.17, 15) is 0 Å². The van der Waals surface area contributed by atoms with Gasteiger partial charge in [-0.25, -0.2) is 0 Å². The largest absolute Gasteiger partial charge is 0.0919 e. The molecule has 0 spiro atoms. The van der Waals surface area contributed by atoms with Crippen LogP contribution in [0.4, 0.5) is 0 Å². The molecule has 0 N–H and O–H groups in total. The maximum absolute atomic E-state index is 2.16. The summed E-state index contributed by atoms with van der Waals surface area (Å²) in [7, 11) is 0. The molecule has 1 rings (SSSR count). The van der Waals surface area contributed by atoms with Crippen molar-refractivity contribution in [3.05, 3.63) is 53.6 Å². The number of hydrogen-bond acceptors (Lipinski definition) is 0. The van der Waals surface area contributed by atoms with Gasteiger partial charge in [0.25, 0.3) is 0 Å². The maximum Gasteiger partial charge on any atom is -0.0201 e. The molecule has 0 aliphatic carbocycles. The summed E-state index contributed by atoms with van der Waals surface area (Å²) in [5.74, 6) is 0. The number of allylic oxidation sites excluding steroid dienone is 4. The highest BCUT2D eigenvalue weighted by molar-refractivity contribution is 5.65. The van der Waals surface area contributed by atoms with Gasteiger partial charge in [-0.2, -0.15) is 0 Å². The molecule has 0 amide bonds. The van der Waals surface area contributed by atoms with E-state index in [0.29, 0.717) is 0 Å². The van der Waals surface area contributed by atoms with E-state index in [0.717, 1.165) is 0 Å². The SMILES string of the molecule is C/C=C(\C)c1ccccc1C.C/C=C\C.CC. The summed E-state index contributed by atoms with van der Waals surface area (Å²) in [6.07, 6.45) is 6.14. The molecule has 17 heavy (non-hydrogen) atoms. The Morgan fingerprint density at radius 3 is 1.76 bits per heavy atom. The van der Waals surface area contributed by atoms with Crippen LogP contribution in [-0.4, -0.2) is 0 Å². The van der Waals surface area contributed by atoms with Crippen LogP contribution >= 0.6 is 0 Å². The molecule has 0 aliphatic heterocycles. The molecule has 0 unspecified atom stereocenters. The summed E-state index contributed by atoms with van der Waals surface area (Å²) in [5.41, 5.74) is 4.06. The molecule has 0 saturated heterocycles. The van der Waals surface area contributed by atoms with Crippen molar-refractivity contribution in [2.75, 3.05) is 0 Å². The lowest BCUT2D eigenvalue weighted by molar-refractivity contribution is 1.40. The molecular weight excluding hydrogens is 204 g/mol. The molecule has 0 nitrogen and oxygen atoms in total. The lowest BCUT2D eigenvalue weighted by Crippen LogP contribution is -1.83. The first-order chi connectivity index (χ1) is 8.17. The average Bonchev–Trinajstić information content (AvgIpc) is 2.41. The van der Waals surface area contributed by atoms with Gasteiger partial charge in [0.1, 0.15) is 0 Å². The topological polar surface area (TPSA) is 0 Å². The zero-order valence-electron chi connectivity index (χ0n) is 12.5. The fraction of sp³-hybridized carbons (Fsp3) is 0.412. The number of benzene rings is 1. The second-order valence-corrected chi connectivity index (χ2v) is 3.45. The smallest absolute Gasteiger partial charge is 0.0201 e. The molecular formula is C17H28. The highest BCUT2D eigenvalue weighted by Gasteiger charge is 1.95. The normalized spacial score (nSPS) is 10.2. The number of rotatable bonds is 1. The van der Waals surface area contributed by atoms with Gasteiger partial charge < -0.3 is 0 Å². The van der Waals surface area contributed by atoms with Gasteiger partial charge in [-0.15, -0.1) is 0 Å². The van der Waals surface area contributed by atoms with E-state index < -0.39 is 0 Å². The summed E-state index contributed by atoms with van der Waals surface area (Å²) in [4.78, 5) is 0. The summed E-state index contributed by atoms with van der Waals surface area (Å²) >= 11 is 0. The Morgan fingerprint density at radius 2 is 1.41 bits per heavy atom. The average molecular weight is 232 g/mol. The molecule has 0 fully saturated rings. The molecule has 0 atom stereocenters. The lowest BCUT2D eigenvalue weighted by atomic mass is 10.0. The first-order valence-corrected chi connectivity index (χ1v) is 6.43. The van der Waals surface area contributed by atoms with E-state index in [-0.39, 0.29) is 0 Å². The summed E-state index contributed by atoms with van der Waals surface area (Å²) < 4.78 is 0. The van der Waals surface area contributed by atoms with Crippen LogP contribution in [0.5, 0.6) is 0 Å². The monoisotopic (exact) mass is 232 g/mol. The van der Waals surface area contributed by atoms with Crippen LogP contribution < -0.4 is 0 Å². The molecule has 0 radical (unpaired) electrons. The molecule has 0 bridgehead atoms. The third kappa shape index (κ3) is 8.50. The van der Waals surface area contributed by atoms with Crippen LogP contribution in [0.1, 0.15) is 52.7 Å². The van der Waals surface area contributed by atoms with Crippen LogP contribution in [0.15, 0.2) is 42.5 Å². The second kappa shape index (κ2) is 12.8. The van der Waals surface area contributed by atoms with E-state index in [1.54, 1.807) is 0 Å². The van der Waals surface area contributed by atoms with E-state index in [4.69, 9.17) is 0 Å². The standard InChI is InChI=1S/C11H14.C4H8.C2H6/c1-4-9(2)11-8-6-5-7-10(11)3;1-3-4-2;1-2/h4-8H,1-3H3;3-4H,1-2H3;1-2H3/b9-4+;4-3-;. The predicted molar refractivity (Wildman–Crippen MR) is 82.3 cm³/mol. The summed E-state index contributed by atoms with van der Waals surface area (Å²) in [6.45, 7) is 14.4. The van der Waals surface area contributed by atoms with Crippen LogP contribution in [0, 0.1) is 6.92 Å².